The smallest absolute Gasteiger partial charge is 0.0458 e. The number of rotatable bonds is 2. The van der Waals surface area contributed by atoms with E-state index in [1.165, 1.54) is 5.56 Å². The quantitative estimate of drug-likeness (QED) is 0.718. The summed E-state index contributed by atoms with van der Waals surface area (Å²) >= 11 is 5.97. The average Bonchev–Trinajstić information content (AvgIpc) is 2.04. The molecule has 0 saturated heterocycles. The van der Waals surface area contributed by atoms with Gasteiger partial charge >= 0.3 is 0 Å². The first-order chi connectivity index (χ1) is 5.27. The minimum Gasteiger partial charge on any atom is -0.388 e. The molecule has 0 aromatic heterocycles. The molecule has 0 aliphatic heterocycles. The summed E-state index contributed by atoms with van der Waals surface area (Å²) in [6, 6.07) is 6.03. The van der Waals surface area contributed by atoms with Crippen LogP contribution in [0.15, 0.2) is 18.2 Å². The molecular formula is C9H12ClN. The molecule has 0 amide bonds. The highest BCUT2D eigenvalue weighted by molar-refractivity contribution is 6.31. The Morgan fingerprint density at radius 2 is 2.18 bits per heavy atom. The van der Waals surface area contributed by atoms with Gasteiger partial charge in [0.2, 0.25) is 0 Å². The molecule has 0 atom stereocenters. The van der Waals surface area contributed by atoms with E-state index in [-0.39, 0.29) is 0 Å². The molecule has 1 aromatic carbocycles. The SMILES string of the molecule is CCc1ccc(NC)cc1Cl. The van der Waals surface area contributed by atoms with Crippen molar-refractivity contribution in [2.45, 2.75) is 13.3 Å². The Kier molecular flexibility index (Phi) is 2.77. The third kappa shape index (κ3) is 1.87. The molecule has 60 valence electrons. The van der Waals surface area contributed by atoms with E-state index in [4.69, 9.17) is 11.6 Å². The van der Waals surface area contributed by atoms with Crippen molar-refractivity contribution in [3.8, 4) is 0 Å². The topological polar surface area (TPSA) is 12.0 Å². The molecule has 1 nitrogen and oxygen atoms in total. The summed E-state index contributed by atoms with van der Waals surface area (Å²) in [4.78, 5) is 0. The van der Waals surface area contributed by atoms with E-state index < -0.39 is 0 Å². The van der Waals surface area contributed by atoms with Crippen molar-refractivity contribution in [3.05, 3.63) is 28.8 Å². The van der Waals surface area contributed by atoms with E-state index in [1.54, 1.807) is 0 Å². The molecule has 0 unspecified atom stereocenters. The van der Waals surface area contributed by atoms with Crippen molar-refractivity contribution in [2.75, 3.05) is 12.4 Å². The first-order valence-electron chi connectivity index (χ1n) is 3.74. The van der Waals surface area contributed by atoms with E-state index in [0.29, 0.717) is 0 Å². The minimum atomic E-state index is 0.847. The molecule has 0 aliphatic rings. The van der Waals surface area contributed by atoms with E-state index in [1.807, 2.05) is 25.2 Å². The van der Waals surface area contributed by atoms with Crippen LogP contribution in [0.2, 0.25) is 5.02 Å². The van der Waals surface area contributed by atoms with Crippen LogP contribution in [-0.4, -0.2) is 7.05 Å². The maximum absolute atomic E-state index is 5.97. The maximum Gasteiger partial charge on any atom is 0.0458 e. The number of hydrogen-bond acceptors (Lipinski definition) is 1. The lowest BCUT2D eigenvalue weighted by molar-refractivity contribution is 1.14. The van der Waals surface area contributed by atoms with Gasteiger partial charge in [-0.1, -0.05) is 24.6 Å². The summed E-state index contributed by atoms with van der Waals surface area (Å²) in [6.45, 7) is 2.10. The number of halogens is 1. The molecular weight excluding hydrogens is 158 g/mol. The molecule has 1 N–H and O–H groups in total. The predicted molar refractivity (Wildman–Crippen MR) is 50.4 cm³/mol. The van der Waals surface area contributed by atoms with Crippen LogP contribution in [0.5, 0.6) is 0 Å². The molecule has 0 fully saturated rings. The number of anilines is 1. The molecule has 0 saturated carbocycles. The van der Waals surface area contributed by atoms with Crippen LogP contribution in [0.3, 0.4) is 0 Å². The number of benzene rings is 1. The van der Waals surface area contributed by atoms with Gasteiger partial charge < -0.3 is 5.32 Å². The van der Waals surface area contributed by atoms with Gasteiger partial charge in [-0.25, -0.2) is 0 Å². The van der Waals surface area contributed by atoms with Crippen LogP contribution in [0, 0.1) is 0 Å². The van der Waals surface area contributed by atoms with Gasteiger partial charge in [0.15, 0.2) is 0 Å². The van der Waals surface area contributed by atoms with Crippen LogP contribution in [0.25, 0.3) is 0 Å². The zero-order chi connectivity index (χ0) is 8.27. The van der Waals surface area contributed by atoms with Crippen molar-refractivity contribution in [1.29, 1.82) is 0 Å². The third-order valence-corrected chi connectivity index (χ3v) is 2.07. The van der Waals surface area contributed by atoms with Gasteiger partial charge in [0, 0.05) is 17.8 Å². The lowest BCUT2D eigenvalue weighted by atomic mass is 10.1. The normalized spacial score (nSPS) is 9.73. The fourth-order valence-corrected chi connectivity index (χ4v) is 1.30. The van der Waals surface area contributed by atoms with Gasteiger partial charge in [-0.15, -0.1) is 0 Å². The van der Waals surface area contributed by atoms with Gasteiger partial charge in [-0.2, -0.15) is 0 Å². The average molecular weight is 170 g/mol. The van der Waals surface area contributed by atoms with Crippen LogP contribution >= 0.6 is 11.6 Å². The molecule has 11 heavy (non-hydrogen) atoms. The molecule has 0 heterocycles. The Bertz CT molecular complexity index is 245. The summed E-state index contributed by atoms with van der Waals surface area (Å²) in [5, 5.41) is 3.88. The van der Waals surface area contributed by atoms with E-state index in [2.05, 4.69) is 12.2 Å². The Labute approximate surface area is 72.4 Å². The largest absolute Gasteiger partial charge is 0.388 e. The van der Waals surface area contributed by atoms with Crippen molar-refractivity contribution < 1.29 is 0 Å². The van der Waals surface area contributed by atoms with Gasteiger partial charge in [0.05, 0.1) is 0 Å². The second-order valence-electron chi connectivity index (χ2n) is 2.41. The fraction of sp³-hybridized carbons (Fsp3) is 0.333. The molecule has 2 heteroatoms. The monoisotopic (exact) mass is 169 g/mol. The minimum absolute atomic E-state index is 0.847. The molecule has 1 rings (SSSR count). The molecule has 0 aliphatic carbocycles. The van der Waals surface area contributed by atoms with Gasteiger partial charge in [0.25, 0.3) is 0 Å². The predicted octanol–water partition coefficient (Wildman–Crippen LogP) is 2.94. The second kappa shape index (κ2) is 3.63. The molecule has 0 spiro atoms. The summed E-state index contributed by atoms with van der Waals surface area (Å²) in [5.41, 5.74) is 2.26. The summed E-state index contributed by atoms with van der Waals surface area (Å²) in [6.07, 6.45) is 0.989. The van der Waals surface area contributed by atoms with Crippen molar-refractivity contribution in [2.24, 2.45) is 0 Å². The first-order valence-corrected chi connectivity index (χ1v) is 4.12. The third-order valence-electron chi connectivity index (χ3n) is 1.72. The maximum atomic E-state index is 5.97. The van der Waals surface area contributed by atoms with Gasteiger partial charge in [-0.05, 0) is 24.1 Å². The van der Waals surface area contributed by atoms with Gasteiger partial charge in [0.1, 0.15) is 0 Å². The van der Waals surface area contributed by atoms with E-state index >= 15 is 0 Å². The number of nitrogens with one attached hydrogen (secondary N) is 1. The van der Waals surface area contributed by atoms with Crippen LogP contribution in [-0.2, 0) is 6.42 Å². The highest BCUT2D eigenvalue weighted by atomic mass is 35.5. The zero-order valence-electron chi connectivity index (χ0n) is 6.82. The van der Waals surface area contributed by atoms with E-state index in [0.717, 1.165) is 17.1 Å². The Morgan fingerprint density at radius 1 is 1.45 bits per heavy atom. The van der Waals surface area contributed by atoms with Crippen LogP contribution in [0.4, 0.5) is 5.69 Å². The first kappa shape index (κ1) is 8.41. The second-order valence-corrected chi connectivity index (χ2v) is 2.82. The van der Waals surface area contributed by atoms with Crippen LogP contribution < -0.4 is 5.32 Å². The molecule has 0 bridgehead atoms. The standard InChI is InChI=1S/C9H12ClN/c1-3-7-4-5-8(11-2)6-9(7)10/h4-6,11H,3H2,1-2H3. The van der Waals surface area contributed by atoms with Crippen molar-refractivity contribution in [1.82, 2.24) is 0 Å². The summed E-state index contributed by atoms with van der Waals surface area (Å²) in [5.74, 6) is 0. The van der Waals surface area contributed by atoms with Crippen molar-refractivity contribution in [3.63, 3.8) is 0 Å². The molecule has 1 aromatic rings. The van der Waals surface area contributed by atoms with Crippen LogP contribution in [0.1, 0.15) is 12.5 Å². The lowest BCUT2D eigenvalue weighted by Gasteiger charge is -2.03. The summed E-state index contributed by atoms with van der Waals surface area (Å²) < 4.78 is 0. The summed E-state index contributed by atoms with van der Waals surface area (Å²) in [7, 11) is 1.89. The Hall–Kier alpha value is -0.690. The molecule has 0 radical (unpaired) electrons. The number of aryl methyl sites for hydroxylation is 1. The lowest BCUT2D eigenvalue weighted by Crippen LogP contribution is -1.89. The fourth-order valence-electron chi connectivity index (χ4n) is 0.990. The van der Waals surface area contributed by atoms with Crippen molar-refractivity contribution >= 4 is 17.3 Å². The highest BCUT2D eigenvalue weighted by Crippen LogP contribution is 2.20. The van der Waals surface area contributed by atoms with E-state index in [9.17, 15) is 0 Å². The number of hydrogen-bond donors (Lipinski definition) is 1. The highest BCUT2D eigenvalue weighted by Gasteiger charge is 1.97. The Morgan fingerprint density at radius 3 is 2.64 bits per heavy atom. The Balaban J connectivity index is 2.99. The van der Waals surface area contributed by atoms with Gasteiger partial charge in [-0.3, -0.25) is 0 Å². The zero-order valence-corrected chi connectivity index (χ0v) is 7.57.